The van der Waals surface area contributed by atoms with Crippen LogP contribution in [0.15, 0.2) is 5.18 Å². The lowest BCUT2D eigenvalue weighted by atomic mass is 10.0. The van der Waals surface area contributed by atoms with Gasteiger partial charge in [0.1, 0.15) is 24.4 Å². The average Bonchev–Trinajstić information content (AvgIpc) is 2.22. The zero-order valence-corrected chi connectivity index (χ0v) is 7.87. The fourth-order valence-electron chi connectivity index (χ4n) is 0.993. The van der Waals surface area contributed by atoms with Gasteiger partial charge in [0.2, 0.25) is 0 Å². The SMILES string of the molecule is CNCC(N=O)[C@@H](O)[C@H](O)[C@H](O)CO. The molecule has 84 valence electrons. The molecule has 0 rings (SSSR count). The van der Waals surface area contributed by atoms with Crippen molar-refractivity contribution < 1.29 is 20.4 Å². The van der Waals surface area contributed by atoms with Crippen molar-refractivity contribution in [3.8, 4) is 0 Å². The molecule has 1 unspecified atom stereocenters. The van der Waals surface area contributed by atoms with Gasteiger partial charge in [0.15, 0.2) is 0 Å². The smallest absolute Gasteiger partial charge is 0.133 e. The Kier molecular flexibility index (Phi) is 6.50. The number of aliphatic hydroxyl groups is 4. The quantitative estimate of drug-likeness (QED) is 0.293. The Hall–Kier alpha value is -0.600. The molecule has 0 saturated heterocycles. The van der Waals surface area contributed by atoms with Crippen molar-refractivity contribution in [3.63, 3.8) is 0 Å². The second-order valence-corrected chi connectivity index (χ2v) is 2.96. The molecule has 0 aliphatic carbocycles. The van der Waals surface area contributed by atoms with Crippen molar-refractivity contribution in [2.45, 2.75) is 24.4 Å². The highest BCUT2D eigenvalue weighted by atomic mass is 16.4. The van der Waals surface area contributed by atoms with Gasteiger partial charge in [-0.25, -0.2) is 0 Å². The molecule has 4 atom stereocenters. The Morgan fingerprint density at radius 3 is 2.21 bits per heavy atom. The van der Waals surface area contributed by atoms with Gasteiger partial charge in [0, 0.05) is 6.54 Å². The van der Waals surface area contributed by atoms with Crippen LogP contribution in [0.3, 0.4) is 0 Å². The molecule has 0 saturated carbocycles. The molecule has 7 nitrogen and oxygen atoms in total. The average molecular weight is 208 g/mol. The van der Waals surface area contributed by atoms with E-state index >= 15 is 0 Å². The minimum absolute atomic E-state index is 0.0832. The van der Waals surface area contributed by atoms with Gasteiger partial charge in [0.05, 0.1) is 6.61 Å². The van der Waals surface area contributed by atoms with Crippen LogP contribution in [-0.4, -0.2) is 65.0 Å². The molecule has 7 heteroatoms. The summed E-state index contributed by atoms with van der Waals surface area (Å²) in [5.41, 5.74) is 0. The van der Waals surface area contributed by atoms with Crippen molar-refractivity contribution in [2.75, 3.05) is 20.2 Å². The molecule has 5 N–H and O–H groups in total. The van der Waals surface area contributed by atoms with E-state index in [9.17, 15) is 15.1 Å². The Bertz CT molecular complexity index is 168. The lowest BCUT2D eigenvalue weighted by Crippen LogP contribution is -2.47. The number of rotatable bonds is 7. The molecule has 14 heavy (non-hydrogen) atoms. The van der Waals surface area contributed by atoms with Gasteiger partial charge in [-0.3, -0.25) is 0 Å². The van der Waals surface area contributed by atoms with Crippen molar-refractivity contribution in [1.82, 2.24) is 5.32 Å². The van der Waals surface area contributed by atoms with Crippen molar-refractivity contribution >= 4 is 0 Å². The third-order valence-corrected chi connectivity index (χ3v) is 1.87. The van der Waals surface area contributed by atoms with Crippen LogP contribution in [-0.2, 0) is 0 Å². The zero-order valence-electron chi connectivity index (χ0n) is 7.87. The summed E-state index contributed by atoms with van der Waals surface area (Å²) in [7, 11) is 1.56. The number of aliphatic hydroxyl groups excluding tert-OH is 4. The van der Waals surface area contributed by atoms with Crippen LogP contribution in [0.25, 0.3) is 0 Å². The first-order chi connectivity index (χ1) is 6.58. The number of hydrogen-bond donors (Lipinski definition) is 5. The standard InChI is InChI=1S/C7H16N2O5/c1-8-2-4(9-14)6(12)7(13)5(11)3-10/h4-8,10-13H,2-3H2,1H3/t4?,5-,6-,7-/m1/s1. The maximum absolute atomic E-state index is 10.2. The van der Waals surface area contributed by atoms with Gasteiger partial charge >= 0.3 is 0 Å². The lowest BCUT2D eigenvalue weighted by Gasteiger charge is -2.24. The van der Waals surface area contributed by atoms with Gasteiger partial charge in [-0.15, -0.1) is 0 Å². The van der Waals surface area contributed by atoms with E-state index in [0.717, 1.165) is 0 Å². The number of nitroso groups, excluding NO2 is 1. The minimum Gasteiger partial charge on any atom is -0.394 e. The van der Waals surface area contributed by atoms with Crippen LogP contribution >= 0.6 is 0 Å². The van der Waals surface area contributed by atoms with Gasteiger partial charge in [-0.05, 0) is 7.05 Å². The van der Waals surface area contributed by atoms with Gasteiger partial charge in [-0.2, -0.15) is 4.91 Å². The molecule has 0 aliphatic rings. The first-order valence-corrected chi connectivity index (χ1v) is 4.20. The van der Waals surface area contributed by atoms with Crippen molar-refractivity contribution in [1.29, 1.82) is 0 Å². The molecule has 0 radical (unpaired) electrons. The van der Waals surface area contributed by atoms with E-state index in [1.54, 1.807) is 7.05 Å². The molecule has 0 aliphatic heterocycles. The van der Waals surface area contributed by atoms with E-state index in [1.807, 2.05) is 0 Å². The van der Waals surface area contributed by atoms with Crippen LogP contribution < -0.4 is 5.32 Å². The predicted octanol–water partition coefficient (Wildman–Crippen LogP) is -2.58. The molecule has 0 spiro atoms. The molecule has 0 fully saturated rings. The normalized spacial score (nSPS) is 19.8. The van der Waals surface area contributed by atoms with E-state index in [4.69, 9.17) is 10.2 Å². The summed E-state index contributed by atoms with van der Waals surface area (Å²) in [4.78, 5) is 10.2. The Morgan fingerprint density at radius 2 is 1.86 bits per heavy atom. The molecule has 0 aromatic heterocycles. The summed E-state index contributed by atoms with van der Waals surface area (Å²) < 4.78 is 0. The second-order valence-electron chi connectivity index (χ2n) is 2.96. The van der Waals surface area contributed by atoms with E-state index in [1.165, 1.54) is 0 Å². The number of likely N-dealkylation sites (N-methyl/N-ethyl adjacent to an activating group) is 1. The van der Waals surface area contributed by atoms with E-state index in [0.29, 0.717) is 0 Å². The summed E-state index contributed by atoms with van der Waals surface area (Å²) in [6.45, 7) is -0.608. The summed E-state index contributed by atoms with van der Waals surface area (Å²) >= 11 is 0. The van der Waals surface area contributed by atoms with Crippen molar-refractivity contribution in [3.05, 3.63) is 4.91 Å². The van der Waals surface area contributed by atoms with Crippen LogP contribution in [0, 0.1) is 4.91 Å². The Balaban J connectivity index is 4.25. The highest BCUT2D eigenvalue weighted by molar-refractivity contribution is 4.85. The number of nitrogens with zero attached hydrogens (tertiary/aromatic N) is 1. The molecule has 0 heterocycles. The fourth-order valence-corrected chi connectivity index (χ4v) is 0.993. The number of hydrogen-bond acceptors (Lipinski definition) is 7. The number of nitrogens with one attached hydrogen (secondary N) is 1. The van der Waals surface area contributed by atoms with Crippen LogP contribution in [0.5, 0.6) is 0 Å². The van der Waals surface area contributed by atoms with Gasteiger partial charge in [-0.1, -0.05) is 5.18 Å². The topological polar surface area (TPSA) is 122 Å². The first-order valence-electron chi connectivity index (χ1n) is 4.20. The summed E-state index contributed by atoms with van der Waals surface area (Å²) in [6.07, 6.45) is -4.57. The first kappa shape index (κ1) is 13.4. The molecule has 0 amide bonds. The van der Waals surface area contributed by atoms with Gasteiger partial charge in [0.25, 0.3) is 0 Å². The fraction of sp³-hybridized carbons (Fsp3) is 1.00. The largest absolute Gasteiger partial charge is 0.394 e. The molecule has 0 aromatic carbocycles. The third kappa shape index (κ3) is 3.64. The van der Waals surface area contributed by atoms with Crippen LogP contribution in [0.1, 0.15) is 0 Å². The zero-order chi connectivity index (χ0) is 11.1. The summed E-state index contributed by atoms with van der Waals surface area (Å²) in [6, 6.07) is -1.06. The molecule has 0 aromatic rings. The minimum atomic E-state index is -1.59. The summed E-state index contributed by atoms with van der Waals surface area (Å²) in [5.74, 6) is 0. The van der Waals surface area contributed by atoms with E-state index in [-0.39, 0.29) is 6.54 Å². The predicted molar refractivity (Wildman–Crippen MR) is 48.6 cm³/mol. The highest BCUT2D eigenvalue weighted by Gasteiger charge is 2.31. The van der Waals surface area contributed by atoms with Crippen LogP contribution in [0.4, 0.5) is 0 Å². The monoisotopic (exact) mass is 208 g/mol. The Morgan fingerprint density at radius 1 is 1.29 bits per heavy atom. The Labute approximate surface area is 81.4 Å². The maximum Gasteiger partial charge on any atom is 0.133 e. The second kappa shape index (κ2) is 6.80. The van der Waals surface area contributed by atoms with Crippen molar-refractivity contribution in [2.24, 2.45) is 5.18 Å². The highest BCUT2D eigenvalue weighted by Crippen LogP contribution is 2.07. The molecule has 0 bridgehead atoms. The van der Waals surface area contributed by atoms with E-state index in [2.05, 4.69) is 10.5 Å². The molecular weight excluding hydrogens is 192 g/mol. The van der Waals surface area contributed by atoms with E-state index < -0.39 is 31.0 Å². The summed E-state index contributed by atoms with van der Waals surface area (Å²) in [5, 5.41) is 41.3. The third-order valence-electron chi connectivity index (χ3n) is 1.87. The maximum atomic E-state index is 10.2. The van der Waals surface area contributed by atoms with Crippen LogP contribution in [0.2, 0.25) is 0 Å². The molecular formula is C7H16N2O5. The lowest BCUT2D eigenvalue weighted by molar-refractivity contribution is -0.0827. The van der Waals surface area contributed by atoms with Gasteiger partial charge < -0.3 is 25.7 Å².